The largest absolute Gasteiger partial charge is 0.308 e. The summed E-state index contributed by atoms with van der Waals surface area (Å²) < 4.78 is 2.25. The summed E-state index contributed by atoms with van der Waals surface area (Å²) in [5, 5.41) is 6.97. The number of hydrogen-bond acceptors (Lipinski definition) is 4. The molecule has 19 heavy (non-hydrogen) atoms. The Morgan fingerprint density at radius 3 is 3.16 bits per heavy atom. The number of imidazole rings is 1. The smallest absolute Gasteiger partial charge is 0.194 e. The van der Waals surface area contributed by atoms with Crippen LogP contribution < -0.4 is 5.32 Å². The standard InChI is InChI=1S/C14H21N3S2/c1-2-3-4-8-18-13-12(10-15-11-5-6-11)17-7-9-19-14(17)16-13/h7,9,11,15H,2-6,8,10H2,1H3. The maximum absolute atomic E-state index is 4.77. The van der Waals surface area contributed by atoms with Crippen molar-refractivity contribution in [3.05, 3.63) is 17.3 Å². The van der Waals surface area contributed by atoms with Gasteiger partial charge in [0.1, 0.15) is 5.03 Å². The number of thioether (sulfide) groups is 1. The number of hydrogen-bond donors (Lipinski definition) is 1. The van der Waals surface area contributed by atoms with Crippen molar-refractivity contribution in [1.29, 1.82) is 0 Å². The summed E-state index contributed by atoms with van der Waals surface area (Å²) >= 11 is 3.65. The van der Waals surface area contributed by atoms with Crippen LogP contribution in [-0.4, -0.2) is 21.2 Å². The van der Waals surface area contributed by atoms with E-state index in [1.807, 2.05) is 11.8 Å². The van der Waals surface area contributed by atoms with E-state index in [-0.39, 0.29) is 0 Å². The van der Waals surface area contributed by atoms with Crippen molar-refractivity contribution in [2.75, 3.05) is 5.75 Å². The molecular formula is C14H21N3S2. The number of thiazole rings is 1. The third-order valence-electron chi connectivity index (χ3n) is 3.45. The summed E-state index contributed by atoms with van der Waals surface area (Å²) in [5.41, 5.74) is 1.35. The maximum atomic E-state index is 4.77. The van der Waals surface area contributed by atoms with Crippen LogP contribution >= 0.6 is 23.1 Å². The minimum Gasteiger partial charge on any atom is -0.308 e. The van der Waals surface area contributed by atoms with E-state index in [0.717, 1.165) is 17.5 Å². The average molecular weight is 295 g/mol. The molecule has 0 bridgehead atoms. The minimum absolute atomic E-state index is 0.752. The van der Waals surface area contributed by atoms with Gasteiger partial charge in [-0.05, 0) is 25.0 Å². The molecule has 1 aliphatic carbocycles. The molecule has 0 amide bonds. The summed E-state index contributed by atoms with van der Waals surface area (Å²) in [6, 6.07) is 0.752. The van der Waals surface area contributed by atoms with Crippen LogP contribution in [0.3, 0.4) is 0 Å². The fraction of sp³-hybridized carbons (Fsp3) is 0.643. The number of aromatic nitrogens is 2. The molecule has 1 N–H and O–H groups in total. The number of nitrogens with one attached hydrogen (secondary N) is 1. The van der Waals surface area contributed by atoms with Gasteiger partial charge in [-0.1, -0.05) is 19.8 Å². The van der Waals surface area contributed by atoms with Gasteiger partial charge in [-0.25, -0.2) is 4.98 Å². The molecule has 104 valence electrons. The van der Waals surface area contributed by atoms with Gasteiger partial charge in [-0.2, -0.15) is 0 Å². The Hall–Kier alpha value is -0.520. The zero-order valence-electron chi connectivity index (χ0n) is 11.4. The van der Waals surface area contributed by atoms with E-state index < -0.39 is 0 Å². The molecule has 0 unspecified atom stereocenters. The molecular weight excluding hydrogens is 274 g/mol. The van der Waals surface area contributed by atoms with Gasteiger partial charge in [-0.15, -0.1) is 23.1 Å². The van der Waals surface area contributed by atoms with E-state index in [2.05, 4.69) is 28.2 Å². The molecule has 0 spiro atoms. The van der Waals surface area contributed by atoms with Gasteiger partial charge >= 0.3 is 0 Å². The number of fused-ring (bicyclic) bond motifs is 1. The third kappa shape index (κ3) is 3.33. The van der Waals surface area contributed by atoms with Crippen LogP contribution in [-0.2, 0) is 6.54 Å². The van der Waals surface area contributed by atoms with Gasteiger partial charge in [0.25, 0.3) is 0 Å². The van der Waals surface area contributed by atoms with Gasteiger partial charge in [0.2, 0.25) is 0 Å². The molecule has 0 atom stereocenters. The Balaban J connectivity index is 1.68. The zero-order chi connectivity index (χ0) is 13.1. The van der Waals surface area contributed by atoms with Gasteiger partial charge in [0.15, 0.2) is 4.96 Å². The van der Waals surface area contributed by atoms with Gasteiger partial charge in [0.05, 0.1) is 5.69 Å². The Bertz CT molecular complexity index is 528. The van der Waals surface area contributed by atoms with Crippen molar-refractivity contribution in [3.63, 3.8) is 0 Å². The molecule has 0 saturated heterocycles. The fourth-order valence-corrected chi connectivity index (χ4v) is 3.96. The number of rotatable bonds is 8. The molecule has 2 aromatic heterocycles. The summed E-state index contributed by atoms with van der Waals surface area (Å²) in [7, 11) is 0. The quantitative estimate of drug-likeness (QED) is 0.591. The topological polar surface area (TPSA) is 29.3 Å². The van der Waals surface area contributed by atoms with Crippen molar-refractivity contribution < 1.29 is 0 Å². The Morgan fingerprint density at radius 1 is 1.47 bits per heavy atom. The van der Waals surface area contributed by atoms with E-state index >= 15 is 0 Å². The highest BCUT2D eigenvalue weighted by Crippen LogP contribution is 2.28. The summed E-state index contributed by atoms with van der Waals surface area (Å²) in [6.45, 7) is 3.21. The molecule has 2 heterocycles. The van der Waals surface area contributed by atoms with Crippen molar-refractivity contribution in [1.82, 2.24) is 14.7 Å². The van der Waals surface area contributed by atoms with Crippen molar-refractivity contribution in [3.8, 4) is 0 Å². The second-order valence-electron chi connectivity index (χ2n) is 5.13. The lowest BCUT2D eigenvalue weighted by molar-refractivity contribution is 0.661. The molecule has 0 aliphatic heterocycles. The molecule has 1 fully saturated rings. The molecule has 3 nitrogen and oxygen atoms in total. The summed E-state index contributed by atoms with van der Waals surface area (Å²) in [5.74, 6) is 1.19. The lowest BCUT2D eigenvalue weighted by atomic mass is 10.3. The lowest BCUT2D eigenvalue weighted by Crippen LogP contribution is -2.16. The van der Waals surface area contributed by atoms with Gasteiger partial charge in [-0.3, -0.25) is 4.40 Å². The highest BCUT2D eigenvalue weighted by Gasteiger charge is 2.22. The molecule has 1 aliphatic rings. The Labute approximate surface area is 122 Å². The van der Waals surface area contributed by atoms with Gasteiger partial charge in [0, 0.05) is 24.2 Å². The predicted molar refractivity (Wildman–Crippen MR) is 83.2 cm³/mol. The Morgan fingerprint density at radius 2 is 2.37 bits per heavy atom. The van der Waals surface area contributed by atoms with E-state index in [1.54, 1.807) is 11.3 Å². The average Bonchev–Trinajstić information content (AvgIpc) is 3.03. The van der Waals surface area contributed by atoms with E-state index in [1.165, 1.54) is 48.6 Å². The first-order valence-electron chi connectivity index (χ1n) is 7.19. The van der Waals surface area contributed by atoms with E-state index in [0.29, 0.717) is 0 Å². The molecule has 5 heteroatoms. The van der Waals surface area contributed by atoms with Crippen molar-refractivity contribution in [2.24, 2.45) is 0 Å². The predicted octanol–water partition coefficient (Wildman–Crippen LogP) is 3.93. The lowest BCUT2D eigenvalue weighted by Gasteiger charge is -2.05. The Kier molecular flexibility index (Phi) is 4.45. The zero-order valence-corrected chi connectivity index (χ0v) is 13.0. The summed E-state index contributed by atoms with van der Waals surface area (Å²) in [4.78, 5) is 5.90. The second-order valence-corrected chi connectivity index (χ2v) is 7.09. The first-order chi connectivity index (χ1) is 9.38. The first-order valence-corrected chi connectivity index (χ1v) is 9.05. The van der Waals surface area contributed by atoms with E-state index in [9.17, 15) is 0 Å². The summed E-state index contributed by atoms with van der Waals surface area (Å²) in [6.07, 6.45) is 8.73. The van der Waals surface area contributed by atoms with Crippen LogP contribution in [0.15, 0.2) is 16.6 Å². The number of unbranched alkanes of at least 4 members (excludes halogenated alkanes) is 2. The molecule has 0 aromatic carbocycles. The molecule has 0 radical (unpaired) electrons. The van der Waals surface area contributed by atoms with Crippen LogP contribution in [0, 0.1) is 0 Å². The second kappa shape index (κ2) is 6.29. The SMILES string of the molecule is CCCCCSc1nc2sccn2c1CNC1CC1. The minimum atomic E-state index is 0.752. The van der Waals surface area contributed by atoms with Crippen LogP contribution in [0.5, 0.6) is 0 Å². The van der Waals surface area contributed by atoms with E-state index in [4.69, 9.17) is 4.98 Å². The highest BCUT2D eigenvalue weighted by molar-refractivity contribution is 7.99. The normalized spacial score (nSPS) is 15.4. The number of nitrogens with zero attached hydrogens (tertiary/aromatic N) is 2. The molecule has 3 rings (SSSR count). The third-order valence-corrected chi connectivity index (χ3v) is 5.30. The van der Waals surface area contributed by atoms with Crippen LogP contribution in [0.2, 0.25) is 0 Å². The fourth-order valence-electron chi connectivity index (χ4n) is 2.14. The molecule has 1 saturated carbocycles. The van der Waals surface area contributed by atoms with Crippen molar-refractivity contribution >= 4 is 28.1 Å². The van der Waals surface area contributed by atoms with Crippen molar-refractivity contribution in [2.45, 2.75) is 56.6 Å². The maximum Gasteiger partial charge on any atom is 0.194 e. The van der Waals surface area contributed by atoms with Crippen LogP contribution in [0.1, 0.15) is 44.7 Å². The molecule has 2 aromatic rings. The highest BCUT2D eigenvalue weighted by atomic mass is 32.2. The first kappa shape index (κ1) is 13.5. The monoisotopic (exact) mass is 295 g/mol. The van der Waals surface area contributed by atoms with Crippen LogP contribution in [0.25, 0.3) is 4.96 Å². The van der Waals surface area contributed by atoms with Crippen LogP contribution in [0.4, 0.5) is 0 Å². The van der Waals surface area contributed by atoms with Gasteiger partial charge < -0.3 is 5.32 Å².